The van der Waals surface area contributed by atoms with E-state index in [1.165, 1.54) is 18.2 Å². The van der Waals surface area contributed by atoms with Gasteiger partial charge in [0.25, 0.3) is 0 Å². The van der Waals surface area contributed by atoms with Crippen molar-refractivity contribution in [3.05, 3.63) is 59.3 Å². The number of nitrogens with one attached hydrogen (secondary N) is 2. The van der Waals surface area contributed by atoms with Crippen molar-refractivity contribution in [2.45, 2.75) is 12.8 Å². The Balaban J connectivity index is 1.63. The average molecular weight is 368 g/mol. The lowest BCUT2D eigenvalue weighted by atomic mass is 10.1. The average Bonchev–Trinajstić information content (AvgIpc) is 3.38. The number of hydrogen-bond acceptors (Lipinski definition) is 3. The predicted octanol–water partition coefficient (Wildman–Crippen LogP) is 3.69. The van der Waals surface area contributed by atoms with Gasteiger partial charge in [0, 0.05) is 18.0 Å². The van der Waals surface area contributed by atoms with Crippen molar-refractivity contribution in [1.82, 2.24) is 10.2 Å². The molecule has 1 aliphatic carbocycles. The fraction of sp³-hybridized carbons (Fsp3) is 0.200. The summed E-state index contributed by atoms with van der Waals surface area (Å²) in [5.41, 5.74) is 7.11. The Morgan fingerprint density at radius 1 is 1.22 bits per heavy atom. The van der Waals surface area contributed by atoms with Crippen LogP contribution in [-0.2, 0) is 4.79 Å². The molecule has 1 saturated carbocycles. The number of aromatic nitrogens is 2. The zero-order valence-corrected chi connectivity index (χ0v) is 14.4. The number of nitrogens with zero attached hydrogens (tertiary/aromatic N) is 1. The molecular formula is C20H18F2N4O. The van der Waals surface area contributed by atoms with E-state index in [-0.39, 0.29) is 24.0 Å². The number of hydrogen-bond donors (Lipinski definition) is 3. The first kappa shape index (κ1) is 17.4. The summed E-state index contributed by atoms with van der Waals surface area (Å²) in [5, 5.41) is 10.3. The summed E-state index contributed by atoms with van der Waals surface area (Å²) in [7, 11) is 0. The number of halogens is 2. The highest BCUT2D eigenvalue weighted by molar-refractivity contribution is 6.00. The lowest BCUT2D eigenvalue weighted by Gasteiger charge is -2.13. The summed E-state index contributed by atoms with van der Waals surface area (Å²) < 4.78 is 27.3. The van der Waals surface area contributed by atoms with Gasteiger partial charge < -0.3 is 11.1 Å². The first-order chi connectivity index (χ1) is 13.0. The molecule has 0 spiro atoms. The molecular weight excluding hydrogens is 350 g/mol. The second-order valence-electron chi connectivity index (χ2n) is 6.81. The smallest absolute Gasteiger partial charge is 0.231 e. The van der Waals surface area contributed by atoms with Crippen LogP contribution < -0.4 is 11.1 Å². The van der Waals surface area contributed by atoms with Crippen LogP contribution in [0.5, 0.6) is 0 Å². The quantitative estimate of drug-likeness (QED) is 0.642. The van der Waals surface area contributed by atoms with Crippen LogP contribution in [0.4, 0.5) is 14.5 Å². The van der Waals surface area contributed by atoms with Crippen molar-refractivity contribution in [2.75, 3.05) is 11.9 Å². The SMILES string of the molecule is NCC1(C(=O)Nc2cc3c(/C=C/c4ccc(F)cc4)n[nH]c3cc2F)CC1. The number of carbonyl (C=O) groups is 1. The van der Waals surface area contributed by atoms with E-state index >= 15 is 0 Å². The maximum atomic E-state index is 14.3. The second-order valence-corrected chi connectivity index (χ2v) is 6.81. The van der Waals surface area contributed by atoms with Crippen molar-refractivity contribution in [1.29, 1.82) is 0 Å². The lowest BCUT2D eigenvalue weighted by Crippen LogP contribution is -2.31. The van der Waals surface area contributed by atoms with Gasteiger partial charge in [-0.25, -0.2) is 8.78 Å². The molecule has 0 unspecified atom stereocenters. The number of nitrogens with two attached hydrogens (primary N) is 1. The molecule has 2 aromatic carbocycles. The summed E-state index contributed by atoms with van der Waals surface area (Å²) in [5.74, 6) is -1.10. The molecule has 4 N–H and O–H groups in total. The Labute approximate surface area is 154 Å². The molecule has 0 radical (unpaired) electrons. The third-order valence-electron chi connectivity index (χ3n) is 4.96. The molecule has 1 amide bonds. The van der Waals surface area contributed by atoms with Gasteiger partial charge >= 0.3 is 0 Å². The summed E-state index contributed by atoms with van der Waals surface area (Å²) in [4.78, 5) is 12.4. The Kier molecular flexibility index (Phi) is 4.24. The monoisotopic (exact) mass is 368 g/mol. The van der Waals surface area contributed by atoms with Crippen molar-refractivity contribution in [3.8, 4) is 0 Å². The van der Waals surface area contributed by atoms with E-state index in [2.05, 4.69) is 15.5 Å². The molecule has 1 heterocycles. The molecule has 1 fully saturated rings. The molecule has 3 aromatic rings. The largest absolute Gasteiger partial charge is 0.329 e. The fourth-order valence-electron chi connectivity index (χ4n) is 2.96. The summed E-state index contributed by atoms with van der Waals surface area (Å²) in [6.07, 6.45) is 4.97. The predicted molar refractivity (Wildman–Crippen MR) is 101 cm³/mol. The second kappa shape index (κ2) is 6.59. The maximum absolute atomic E-state index is 14.3. The lowest BCUT2D eigenvalue weighted by molar-refractivity contribution is -0.120. The topological polar surface area (TPSA) is 83.8 Å². The molecule has 7 heteroatoms. The third kappa shape index (κ3) is 3.33. The van der Waals surface area contributed by atoms with Crippen LogP contribution >= 0.6 is 0 Å². The van der Waals surface area contributed by atoms with Crippen LogP contribution in [0, 0.1) is 17.0 Å². The van der Waals surface area contributed by atoms with Gasteiger partial charge in [-0.15, -0.1) is 0 Å². The Morgan fingerprint density at radius 3 is 2.63 bits per heavy atom. The Morgan fingerprint density at radius 2 is 1.96 bits per heavy atom. The van der Waals surface area contributed by atoms with Gasteiger partial charge in [-0.05, 0) is 42.7 Å². The van der Waals surface area contributed by atoms with Gasteiger partial charge in [0.2, 0.25) is 5.91 Å². The van der Waals surface area contributed by atoms with Crippen LogP contribution in [0.25, 0.3) is 23.1 Å². The number of H-pyrrole nitrogens is 1. The zero-order chi connectivity index (χ0) is 19.0. The molecule has 0 aliphatic heterocycles. The number of carbonyl (C=O) groups excluding carboxylic acids is 1. The molecule has 0 atom stereocenters. The van der Waals surface area contributed by atoms with E-state index in [1.54, 1.807) is 30.4 Å². The fourth-order valence-corrected chi connectivity index (χ4v) is 2.96. The van der Waals surface area contributed by atoms with Gasteiger partial charge in [-0.3, -0.25) is 9.89 Å². The minimum atomic E-state index is -0.566. The number of fused-ring (bicyclic) bond motifs is 1. The minimum Gasteiger partial charge on any atom is -0.329 e. The number of amides is 1. The van der Waals surface area contributed by atoms with Crippen LogP contribution in [0.15, 0.2) is 36.4 Å². The standard InChI is InChI=1S/C20H18F2N4O/c21-13-4-1-12(2-5-13)3-6-16-14-9-18(15(22)10-17(14)26-25-16)24-19(27)20(11-23)7-8-20/h1-6,9-10H,7-8,11,23H2,(H,24,27)(H,25,26)/b6-3+. The van der Waals surface area contributed by atoms with E-state index in [0.29, 0.717) is 16.6 Å². The highest BCUT2D eigenvalue weighted by Gasteiger charge is 2.48. The van der Waals surface area contributed by atoms with E-state index in [4.69, 9.17) is 5.73 Å². The minimum absolute atomic E-state index is 0.102. The van der Waals surface area contributed by atoms with Gasteiger partial charge in [0.05, 0.1) is 22.3 Å². The molecule has 1 aromatic heterocycles. The van der Waals surface area contributed by atoms with E-state index < -0.39 is 11.2 Å². The third-order valence-corrected chi connectivity index (χ3v) is 4.96. The highest BCUT2D eigenvalue weighted by atomic mass is 19.1. The highest BCUT2D eigenvalue weighted by Crippen LogP contribution is 2.45. The molecule has 27 heavy (non-hydrogen) atoms. The first-order valence-electron chi connectivity index (χ1n) is 8.63. The van der Waals surface area contributed by atoms with E-state index in [1.807, 2.05) is 0 Å². The summed E-state index contributed by atoms with van der Waals surface area (Å²) in [6.45, 7) is 0.250. The van der Waals surface area contributed by atoms with Crippen LogP contribution in [0.1, 0.15) is 24.1 Å². The summed E-state index contributed by atoms with van der Waals surface area (Å²) in [6, 6.07) is 8.90. The van der Waals surface area contributed by atoms with Gasteiger partial charge in [0.15, 0.2) is 0 Å². The van der Waals surface area contributed by atoms with Gasteiger partial charge in [-0.2, -0.15) is 5.10 Å². The van der Waals surface area contributed by atoms with Crippen molar-refractivity contribution in [3.63, 3.8) is 0 Å². The van der Waals surface area contributed by atoms with Crippen molar-refractivity contribution >= 4 is 34.6 Å². The molecule has 138 valence electrons. The van der Waals surface area contributed by atoms with Gasteiger partial charge in [-0.1, -0.05) is 18.2 Å². The molecule has 0 saturated heterocycles. The normalized spacial score (nSPS) is 15.4. The van der Waals surface area contributed by atoms with Crippen molar-refractivity contribution in [2.24, 2.45) is 11.1 Å². The number of rotatable bonds is 5. The van der Waals surface area contributed by atoms with Crippen LogP contribution in [0.3, 0.4) is 0 Å². The first-order valence-corrected chi connectivity index (χ1v) is 8.63. The van der Waals surface area contributed by atoms with Gasteiger partial charge in [0.1, 0.15) is 11.6 Å². The van der Waals surface area contributed by atoms with E-state index in [9.17, 15) is 13.6 Å². The zero-order valence-electron chi connectivity index (χ0n) is 14.4. The van der Waals surface area contributed by atoms with E-state index in [0.717, 1.165) is 18.4 Å². The summed E-state index contributed by atoms with van der Waals surface area (Å²) >= 11 is 0. The van der Waals surface area contributed by atoms with Crippen LogP contribution in [-0.4, -0.2) is 22.6 Å². The molecule has 5 nitrogen and oxygen atoms in total. The number of aromatic amines is 1. The Bertz CT molecular complexity index is 1040. The van der Waals surface area contributed by atoms with Crippen LogP contribution in [0.2, 0.25) is 0 Å². The number of benzene rings is 2. The number of anilines is 1. The Hall–Kier alpha value is -3.06. The molecule has 4 rings (SSSR count). The van der Waals surface area contributed by atoms with Crippen molar-refractivity contribution < 1.29 is 13.6 Å². The molecule has 1 aliphatic rings. The maximum Gasteiger partial charge on any atom is 0.231 e. The molecule has 0 bridgehead atoms.